The van der Waals surface area contributed by atoms with Crippen LogP contribution in [0, 0.1) is 10.1 Å². The summed E-state index contributed by atoms with van der Waals surface area (Å²) in [5.74, 6) is 0.379. The summed E-state index contributed by atoms with van der Waals surface area (Å²) in [5, 5.41) is 24.1. The Morgan fingerprint density at radius 3 is 2.69 bits per heavy atom. The van der Waals surface area contributed by atoms with E-state index in [9.17, 15) is 23.3 Å². The molecule has 0 aromatic heterocycles. The zero-order chi connectivity index (χ0) is 23.3. The number of methoxy groups -OCH3 is 1. The Morgan fingerprint density at radius 2 is 2.00 bits per heavy atom. The molecule has 1 heterocycles. The van der Waals surface area contributed by atoms with Gasteiger partial charge in [-0.05, 0) is 24.6 Å². The third-order valence-electron chi connectivity index (χ3n) is 5.18. The van der Waals surface area contributed by atoms with Crippen molar-refractivity contribution in [3.05, 3.63) is 52.6 Å². The van der Waals surface area contributed by atoms with E-state index in [1.54, 1.807) is 24.3 Å². The molecular weight excluding hydrogens is 440 g/mol. The van der Waals surface area contributed by atoms with Crippen LogP contribution in [0.1, 0.15) is 6.42 Å². The Kier molecular flexibility index (Phi) is 7.28. The summed E-state index contributed by atoms with van der Waals surface area (Å²) in [6, 6.07) is 10.5. The van der Waals surface area contributed by atoms with Gasteiger partial charge in [0.05, 0.1) is 17.6 Å². The van der Waals surface area contributed by atoms with Gasteiger partial charge in [0, 0.05) is 37.8 Å². The number of rotatable bonds is 8. The summed E-state index contributed by atoms with van der Waals surface area (Å²) in [7, 11) is -2.78. The van der Waals surface area contributed by atoms with Gasteiger partial charge in [-0.15, -0.1) is 0 Å². The van der Waals surface area contributed by atoms with Gasteiger partial charge in [0.2, 0.25) is 10.0 Å². The first-order chi connectivity index (χ1) is 15.2. The quantitative estimate of drug-likeness (QED) is 0.396. The van der Waals surface area contributed by atoms with E-state index in [1.165, 1.54) is 30.2 Å². The van der Waals surface area contributed by atoms with Crippen molar-refractivity contribution in [2.75, 3.05) is 33.3 Å². The molecule has 0 radical (unpaired) electrons. The molecule has 0 unspecified atom stereocenters. The Balaban J connectivity index is 1.83. The molecule has 0 aliphatic carbocycles. The van der Waals surface area contributed by atoms with Crippen LogP contribution in [0.25, 0.3) is 11.1 Å². The van der Waals surface area contributed by atoms with Crippen molar-refractivity contribution >= 4 is 21.8 Å². The number of benzene rings is 2. The molecule has 3 rings (SSSR count). The lowest BCUT2D eigenvalue weighted by Crippen LogP contribution is -2.53. The zero-order valence-corrected chi connectivity index (χ0v) is 18.2. The largest absolute Gasteiger partial charge is 0.496 e. The van der Waals surface area contributed by atoms with Gasteiger partial charge in [0.25, 0.3) is 5.69 Å². The molecule has 12 heteroatoms. The predicted octanol–water partition coefficient (Wildman–Crippen LogP) is 1.89. The number of nitro groups is 1. The molecule has 0 spiro atoms. The summed E-state index contributed by atoms with van der Waals surface area (Å²) in [6.45, 7) is 1.06. The highest BCUT2D eigenvalue weighted by molar-refractivity contribution is 7.89. The molecule has 0 bridgehead atoms. The van der Waals surface area contributed by atoms with Crippen LogP contribution in [0.3, 0.4) is 0 Å². The molecule has 1 aliphatic rings. The van der Waals surface area contributed by atoms with Crippen LogP contribution in [0.5, 0.6) is 5.75 Å². The maximum Gasteiger partial charge on any atom is 0.407 e. The highest BCUT2D eigenvalue weighted by Gasteiger charge is 2.31. The van der Waals surface area contributed by atoms with Crippen molar-refractivity contribution in [3.63, 3.8) is 0 Å². The minimum Gasteiger partial charge on any atom is -0.496 e. The minimum absolute atomic E-state index is 0.0104. The third-order valence-corrected chi connectivity index (χ3v) is 6.67. The lowest BCUT2D eigenvalue weighted by Gasteiger charge is -2.31. The molecule has 2 aromatic carbocycles. The van der Waals surface area contributed by atoms with Gasteiger partial charge >= 0.3 is 6.09 Å². The number of nitrogens with one attached hydrogen (secondary N) is 2. The van der Waals surface area contributed by atoms with Crippen molar-refractivity contribution < 1.29 is 28.0 Å². The van der Waals surface area contributed by atoms with Crippen LogP contribution < -0.4 is 14.8 Å². The lowest BCUT2D eigenvalue weighted by molar-refractivity contribution is -0.387. The number of nitrogens with zero attached hydrogens (tertiary/aromatic N) is 2. The number of para-hydroxylation sites is 2. The van der Waals surface area contributed by atoms with Gasteiger partial charge in [0.15, 0.2) is 4.90 Å². The molecule has 1 fully saturated rings. The Labute approximate surface area is 185 Å². The first-order valence-electron chi connectivity index (χ1n) is 9.86. The molecule has 1 aliphatic heterocycles. The molecule has 1 amide bonds. The van der Waals surface area contributed by atoms with Gasteiger partial charge in [-0.3, -0.25) is 10.1 Å². The third kappa shape index (κ3) is 5.15. The first-order valence-corrected chi connectivity index (χ1v) is 11.3. The van der Waals surface area contributed by atoms with E-state index < -0.39 is 31.6 Å². The van der Waals surface area contributed by atoms with E-state index in [-0.39, 0.29) is 24.7 Å². The second-order valence-corrected chi connectivity index (χ2v) is 8.91. The highest BCUT2D eigenvalue weighted by atomic mass is 32.2. The van der Waals surface area contributed by atoms with Crippen molar-refractivity contribution in [3.8, 4) is 16.9 Å². The van der Waals surface area contributed by atoms with Crippen LogP contribution in [0.4, 0.5) is 10.5 Å². The van der Waals surface area contributed by atoms with E-state index in [2.05, 4.69) is 10.0 Å². The molecule has 172 valence electrons. The maximum absolute atomic E-state index is 12.9. The van der Waals surface area contributed by atoms with Crippen molar-refractivity contribution in [1.82, 2.24) is 14.9 Å². The molecule has 0 saturated carbocycles. The van der Waals surface area contributed by atoms with Gasteiger partial charge < -0.3 is 20.1 Å². The van der Waals surface area contributed by atoms with Gasteiger partial charge in [-0.1, -0.05) is 24.3 Å². The lowest BCUT2D eigenvalue weighted by atomic mass is 10.0. The van der Waals surface area contributed by atoms with Crippen molar-refractivity contribution in [2.24, 2.45) is 0 Å². The number of nitro benzene ring substituents is 1. The van der Waals surface area contributed by atoms with Crippen LogP contribution in [0.2, 0.25) is 0 Å². The second-order valence-electron chi connectivity index (χ2n) is 7.18. The van der Waals surface area contributed by atoms with Crippen LogP contribution in [-0.2, 0) is 10.0 Å². The number of ether oxygens (including phenoxy) is 1. The first kappa shape index (κ1) is 23.4. The molecular formula is C20H24N4O7S. The van der Waals surface area contributed by atoms with E-state index >= 15 is 0 Å². The predicted molar refractivity (Wildman–Crippen MR) is 116 cm³/mol. The molecule has 3 N–H and O–H groups in total. The molecule has 1 atom stereocenters. The van der Waals surface area contributed by atoms with E-state index in [1.807, 2.05) is 0 Å². The minimum atomic E-state index is -4.21. The van der Waals surface area contributed by atoms with Crippen LogP contribution in [-0.4, -0.2) is 68.8 Å². The molecule has 2 aromatic rings. The monoisotopic (exact) mass is 464 g/mol. The highest BCUT2D eigenvalue weighted by Crippen LogP contribution is 2.39. The Bertz CT molecular complexity index is 1110. The fraction of sp³-hybridized carbons (Fsp3) is 0.350. The van der Waals surface area contributed by atoms with E-state index in [0.717, 1.165) is 0 Å². The number of piperazine rings is 1. The summed E-state index contributed by atoms with van der Waals surface area (Å²) in [6.07, 6.45) is -0.705. The maximum atomic E-state index is 12.9. The van der Waals surface area contributed by atoms with Crippen molar-refractivity contribution in [2.45, 2.75) is 17.4 Å². The number of carbonyl (C=O) groups is 1. The van der Waals surface area contributed by atoms with Crippen molar-refractivity contribution in [1.29, 1.82) is 0 Å². The van der Waals surface area contributed by atoms with Crippen LogP contribution >= 0.6 is 0 Å². The summed E-state index contributed by atoms with van der Waals surface area (Å²) in [4.78, 5) is 23.1. The average molecular weight is 465 g/mol. The fourth-order valence-corrected chi connectivity index (χ4v) is 4.89. The topological polar surface area (TPSA) is 151 Å². The number of hydrogen-bond donors (Lipinski definition) is 3. The normalized spacial score (nSPS) is 16.5. The van der Waals surface area contributed by atoms with E-state index in [0.29, 0.717) is 30.8 Å². The van der Waals surface area contributed by atoms with Gasteiger partial charge in [-0.25, -0.2) is 17.9 Å². The van der Waals surface area contributed by atoms with E-state index in [4.69, 9.17) is 9.84 Å². The SMILES string of the molecule is COc1ccccc1-c1cccc(S(=O)(=O)NCC[C@@H]2CN(C(=O)O)CCN2)c1[N+](=O)[O-]. The smallest absolute Gasteiger partial charge is 0.407 e. The molecule has 11 nitrogen and oxygen atoms in total. The average Bonchev–Trinajstić information content (AvgIpc) is 2.78. The molecule has 1 saturated heterocycles. The Morgan fingerprint density at radius 1 is 1.28 bits per heavy atom. The standard InChI is InChI=1S/C20H24N4O7S/c1-31-17-7-3-2-5-15(17)16-6-4-8-18(19(16)24(27)28)32(29,30)22-10-9-14-13-23(20(25)26)12-11-21-14/h2-8,14,21-22H,9-13H2,1H3,(H,25,26)/t14-/m1/s1. The number of hydrogen-bond acceptors (Lipinski definition) is 7. The van der Waals surface area contributed by atoms with Crippen LogP contribution in [0.15, 0.2) is 47.4 Å². The Hall–Kier alpha value is -3.22. The fourth-order valence-electron chi connectivity index (χ4n) is 3.65. The summed E-state index contributed by atoms with van der Waals surface area (Å²) >= 11 is 0. The van der Waals surface area contributed by atoms with Gasteiger partial charge in [0.1, 0.15) is 5.75 Å². The number of sulfonamides is 1. The second kappa shape index (κ2) is 9.94. The zero-order valence-electron chi connectivity index (χ0n) is 17.4. The molecule has 32 heavy (non-hydrogen) atoms. The summed E-state index contributed by atoms with van der Waals surface area (Å²) in [5.41, 5.74) is -0.0161. The summed E-state index contributed by atoms with van der Waals surface area (Å²) < 4.78 is 33.6. The van der Waals surface area contributed by atoms with Gasteiger partial charge in [-0.2, -0.15) is 0 Å². The number of carboxylic acid groups (broad SMARTS) is 1. The number of amides is 1.